The average Bonchev–Trinajstić information content (AvgIpc) is 3.18. The first-order valence-electron chi connectivity index (χ1n) is 10.9. The zero-order valence-electron chi connectivity index (χ0n) is 19.7. The number of carbonyl (C=O) groups is 2. The van der Waals surface area contributed by atoms with Crippen LogP contribution in [0.2, 0.25) is 0 Å². The number of hydroxylamine groups is 1. The number of rotatable bonds is 7. The molecule has 0 aliphatic heterocycles. The van der Waals surface area contributed by atoms with Gasteiger partial charge >= 0.3 is 0 Å². The van der Waals surface area contributed by atoms with E-state index in [4.69, 9.17) is 4.84 Å². The summed E-state index contributed by atoms with van der Waals surface area (Å²) in [4.78, 5) is 34.3. The van der Waals surface area contributed by atoms with Gasteiger partial charge in [0.05, 0.1) is 18.7 Å². The van der Waals surface area contributed by atoms with Gasteiger partial charge in [0.15, 0.2) is 5.82 Å². The lowest BCUT2D eigenvalue weighted by Crippen LogP contribution is -2.26. The normalized spacial score (nSPS) is 11.8. The van der Waals surface area contributed by atoms with Crippen LogP contribution in [0.3, 0.4) is 0 Å². The SMILES string of the molecule is CONC(=O)c1ccc(C)c(Nc2ncnn3cc(C(=O)NC(C)c4ccc(F)cc4)c(C)c23)c1. The summed E-state index contributed by atoms with van der Waals surface area (Å²) >= 11 is 0. The molecule has 2 heterocycles. The molecule has 35 heavy (non-hydrogen) atoms. The fourth-order valence-corrected chi connectivity index (χ4v) is 3.77. The smallest absolute Gasteiger partial charge is 0.274 e. The van der Waals surface area contributed by atoms with E-state index in [0.717, 1.165) is 11.1 Å². The second-order valence-corrected chi connectivity index (χ2v) is 8.11. The van der Waals surface area contributed by atoms with Gasteiger partial charge in [-0.3, -0.25) is 14.4 Å². The number of nitrogens with zero attached hydrogens (tertiary/aromatic N) is 3. The van der Waals surface area contributed by atoms with Gasteiger partial charge in [0.1, 0.15) is 17.7 Å². The highest BCUT2D eigenvalue weighted by molar-refractivity contribution is 5.99. The summed E-state index contributed by atoms with van der Waals surface area (Å²) < 4.78 is 14.8. The summed E-state index contributed by atoms with van der Waals surface area (Å²) in [6, 6.07) is 10.9. The lowest BCUT2D eigenvalue weighted by molar-refractivity contribution is 0.0537. The van der Waals surface area contributed by atoms with Gasteiger partial charge in [0.2, 0.25) is 0 Å². The van der Waals surface area contributed by atoms with Crippen molar-refractivity contribution in [2.24, 2.45) is 0 Å². The molecule has 2 amide bonds. The summed E-state index contributed by atoms with van der Waals surface area (Å²) in [5.41, 5.74) is 6.81. The van der Waals surface area contributed by atoms with Crippen LogP contribution in [0, 0.1) is 19.7 Å². The Morgan fingerprint density at radius 3 is 2.54 bits per heavy atom. The molecule has 9 nitrogen and oxygen atoms in total. The Labute approximate surface area is 201 Å². The van der Waals surface area contributed by atoms with Crippen LogP contribution >= 0.6 is 0 Å². The van der Waals surface area contributed by atoms with Crippen molar-refractivity contribution in [1.29, 1.82) is 0 Å². The summed E-state index contributed by atoms with van der Waals surface area (Å²) in [6.45, 7) is 5.55. The Balaban J connectivity index is 1.63. The number of anilines is 2. The number of fused-ring (bicyclic) bond motifs is 1. The molecule has 4 rings (SSSR count). The number of aromatic nitrogens is 3. The third-order valence-corrected chi connectivity index (χ3v) is 5.74. The van der Waals surface area contributed by atoms with Crippen LogP contribution in [-0.4, -0.2) is 33.5 Å². The number of carbonyl (C=O) groups excluding carboxylic acids is 2. The van der Waals surface area contributed by atoms with Crippen LogP contribution in [0.4, 0.5) is 15.9 Å². The zero-order valence-corrected chi connectivity index (χ0v) is 19.7. The first-order valence-corrected chi connectivity index (χ1v) is 10.9. The summed E-state index contributed by atoms with van der Waals surface area (Å²) in [7, 11) is 1.37. The van der Waals surface area contributed by atoms with Gasteiger partial charge in [-0.15, -0.1) is 0 Å². The van der Waals surface area contributed by atoms with Gasteiger partial charge in [0, 0.05) is 17.4 Å². The molecule has 4 aromatic rings. The number of hydrogen-bond donors (Lipinski definition) is 3. The van der Waals surface area contributed by atoms with Crippen molar-refractivity contribution >= 4 is 28.8 Å². The van der Waals surface area contributed by atoms with Crippen molar-refractivity contribution < 1.29 is 18.8 Å². The molecule has 0 aliphatic carbocycles. The molecule has 0 saturated carbocycles. The van der Waals surface area contributed by atoms with Crippen molar-refractivity contribution in [2.45, 2.75) is 26.8 Å². The molecule has 180 valence electrons. The maximum absolute atomic E-state index is 13.2. The van der Waals surface area contributed by atoms with Crippen LogP contribution in [0.15, 0.2) is 55.0 Å². The molecule has 0 fully saturated rings. The van der Waals surface area contributed by atoms with E-state index < -0.39 is 0 Å². The van der Waals surface area contributed by atoms with Crippen molar-refractivity contribution in [3.05, 3.63) is 88.6 Å². The molecular formula is C25H25FN6O3. The topological polar surface area (TPSA) is 110 Å². The highest BCUT2D eigenvalue weighted by Gasteiger charge is 2.20. The molecule has 0 bridgehead atoms. The van der Waals surface area contributed by atoms with Crippen LogP contribution < -0.4 is 16.1 Å². The molecule has 0 saturated heterocycles. The second kappa shape index (κ2) is 9.90. The Morgan fingerprint density at radius 1 is 1.09 bits per heavy atom. The highest BCUT2D eigenvalue weighted by atomic mass is 19.1. The van der Waals surface area contributed by atoms with E-state index in [2.05, 4.69) is 26.2 Å². The van der Waals surface area contributed by atoms with Gasteiger partial charge in [-0.25, -0.2) is 19.4 Å². The summed E-state index contributed by atoms with van der Waals surface area (Å²) in [5.74, 6) is -0.516. The fourth-order valence-electron chi connectivity index (χ4n) is 3.77. The molecule has 10 heteroatoms. The van der Waals surface area contributed by atoms with Crippen molar-refractivity contribution in [3.8, 4) is 0 Å². The van der Waals surface area contributed by atoms with E-state index in [0.29, 0.717) is 33.7 Å². The number of nitrogens with one attached hydrogen (secondary N) is 3. The van der Waals surface area contributed by atoms with E-state index in [-0.39, 0.29) is 23.7 Å². The molecule has 2 aromatic heterocycles. The molecule has 3 N–H and O–H groups in total. The second-order valence-electron chi connectivity index (χ2n) is 8.11. The first-order chi connectivity index (χ1) is 16.8. The summed E-state index contributed by atoms with van der Waals surface area (Å²) in [6.07, 6.45) is 3.02. The van der Waals surface area contributed by atoms with Crippen molar-refractivity contribution in [3.63, 3.8) is 0 Å². The molecule has 0 radical (unpaired) electrons. The molecule has 0 spiro atoms. The van der Waals surface area contributed by atoms with Crippen LogP contribution in [-0.2, 0) is 4.84 Å². The maximum Gasteiger partial charge on any atom is 0.274 e. The van der Waals surface area contributed by atoms with E-state index in [1.54, 1.807) is 35.0 Å². The standard InChI is InChI=1S/C25H25FN6O3/c1-14-5-6-18(24(33)31-35-4)11-21(14)30-23-22-15(2)20(12-32(22)28-13-27-23)25(34)29-16(3)17-7-9-19(26)10-8-17/h5-13,16H,1-4H3,(H,29,34)(H,31,33)(H,27,28,30). The molecule has 2 aromatic carbocycles. The van der Waals surface area contributed by atoms with Crippen molar-refractivity contribution in [1.82, 2.24) is 25.4 Å². The Bertz CT molecular complexity index is 1400. The number of hydrogen-bond acceptors (Lipinski definition) is 6. The Kier molecular flexibility index (Phi) is 6.74. The summed E-state index contributed by atoms with van der Waals surface area (Å²) in [5, 5.41) is 10.5. The van der Waals surface area contributed by atoms with E-state index in [1.807, 2.05) is 26.8 Å². The predicted molar refractivity (Wildman–Crippen MR) is 129 cm³/mol. The highest BCUT2D eigenvalue weighted by Crippen LogP contribution is 2.28. The van der Waals surface area contributed by atoms with Crippen LogP contribution in [0.1, 0.15) is 50.4 Å². The largest absolute Gasteiger partial charge is 0.345 e. The predicted octanol–water partition coefficient (Wildman–Crippen LogP) is 4.01. The monoisotopic (exact) mass is 476 g/mol. The molecule has 0 aliphatic rings. The number of halogens is 1. The van der Waals surface area contributed by atoms with E-state index >= 15 is 0 Å². The average molecular weight is 477 g/mol. The minimum atomic E-state index is -0.378. The van der Waals surface area contributed by atoms with Crippen LogP contribution in [0.25, 0.3) is 5.52 Å². The van der Waals surface area contributed by atoms with Gasteiger partial charge < -0.3 is 10.6 Å². The number of amides is 2. The van der Waals surface area contributed by atoms with Gasteiger partial charge in [-0.05, 0) is 61.7 Å². The van der Waals surface area contributed by atoms with Crippen LogP contribution in [0.5, 0.6) is 0 Å². The third-order valence-electron chi connectivity index (χ3n) is 5.74. The third kappa shape index (κ3) is 4.97. The lowest BCUT2D eigenvalue weighted by atomic mass is 10.1. The quantitative estimate of drug-likeness (QED) is 0.348. The minimum Gasteiger partial charge on any atom is -0.345 e. The van der Waals surface area contributed by atoms with E-state index in [9.17, 15) is 14.0 Å². The Morgan fingerprint density at radius 2 is 1.83 bits per heavy atom. The molecular weight excluding hydrogens is 451 g/mol. The minimum absolute atomic E-state index is 0.287. The van der Waals surface area contributed by atoms with Gasteiger partial charge in [-0.1, -0.05) is 18.2 Å². The first kappa shape index (κ1) is 23.8. The Hall–Kier alpha value is -4.31. The lowest BCUT2D eigenvalue weighted by Gasteiger charge is -2.14. The number of aryl methyl sites for hydroxylation is 2. The van der Waals surface area contributed by atoms with Crippen molar-refractivity contribution in [2.75, 3.05) is 12.4 Å². The molecule has 1 unspecified atom stereocenters. The van der Waals surface area contributed by atoms with E-state index in [1.165, 1.54) is 25.6 Å². The maximum atomic E-state index is 13.2. The fraction of sp³-hybridized carbons (Fsp3) is 0.200. The zero-order chi connectivity index (χ0) is 25.1. The number of benzene rings is 2. The van der Waals surface area contributed by atoms with Gasteiger partial charge in [-0.2, -0.15) is 5.10 Å². The molecule has 1 atom stereocenters. The van der Waals surface area contributed by atoms with Gasteiger partial charge in [0.25, 0.3) is 11.8 Å².